The van der Waals surface area contributed by atoms with Gasteiger partial charge in [-0.25, -0.2) is 4.79 Å². The molecule has 0 aromatic heterocycles. The Labute approximate surface area is 182 Å². The van der Waals surface area contributed by atoms with E-state index in [0.717, 1.165) is 33.1 Å². The highest BCUT2D eigenvalue weighted by atomic mass is 16.6. The van der Waals surface area contributed by atoms with Gasteiger partial charge in [-0.3, -0.25) is 9.59 Å². The maximum atomic E-state index is 11.8. The van der Waals surface area contributed by atoms with Crippen LogP contribution in [-0.2, 0) is 19.1 Å². The van der Waals surface area contributed by atoms with Crippen molar-refractivity contribution in [2.24, 2.45) is 0 Å². The van der Waals surface area contributed by atoms with Crippen molar-refractivity contribution in [2.75, 3.05) is 0 Å². The lowest BCUT2D eigenvalue weighted by atomic mass is 9.97. The largest absolute Gasteiger partial charge is 0.391 e. The van der Waals surface area contributed by atoms with Crippen molar-refractivity contribution < 1.29 is 29.3 Å². The van der Waals surface area contributed by atoms with E-state index in [-0.39, 0.29) is 6.42 Å². The van der Waals surface area contributed by atoms with Gasteiger partial charge in [-0.05, 0) is 20.3 Å². The Morgan fingerprint density at radius 2 is 1.13 bits per heavy atom. The van der Waals surface area contributed by atoms with E-state index in [0.29, 0.717) is 6.42 Å². The molecule has 0 radical (unpaired) electrons. The lowest BCUT2D eigenvalue weighted by molar-refractivity contribution is -0.177. The monoisotopic (exact) mass is 428 g/mol. The number of aliphatic hydroxyl groups excluding tert-OH is 1. The summed E-state index contributed by atoms with van der Waals surface area (Å²) in [4.78, 5) is 35.0. The van der Waals surface area contributed by atoms with Gasteiger partial charge in [0.2, 0.25) is 11.4 Å². The third kappa shape index (κ3) is 13.9. The first-order chi connectivity index (χ1) is 14.2. The summed E-state index contributed by atoms with van der Waals surface area (Å²) in [5.74, 6) is -3.18. The molecule has 0 amide bonds. The molecular weight excluding hydrogens is 384 g/mol. The first-order valence-corrected chi connectivity index (χ1v) is 11.9. The Morgan fingerprint density at radius 3 is 1.50 bits per heavy atom. The Hall–Kier alpha value is -1.27. The Morgan fingerprint density at radius 1 is 0.767 bits per heavy atom. The van der Waals surface area contributed by atoms with Gasteiger partial charge in [0.15, 0.2) is 0 Å². The van der Waals surface area contributed by atoms with Gasteiger partial charge in [-0.2, -0.15) is 0 Å². The molecule has 0 heterocycles. The second kappa shape index (κ2) is 17.4. The summed E-state index contributed by atoms with van der Waals surface area (Å²) in [5.41, 5.74) is -2.52. The van der Waals surface area contributed by atoms with Crippen LogP contribution in [0.15, 0.2) is 0 Å². The molecule has 0 saturated carbocycles. The Bertz CT molecular complexity index is 484. The number of hydrogen-bond acceptors (Lipinski definition) is 6. The van der Waals surface area contributed by atoms with Crippen LogP contribution in [0.2, 0.25) is 0 Å². The van der Waals surface area contributed by atoms with Crippen molar-refractivity contribution in [1.29, 1.82) is 0 Å². The number of ether oxygens (including phenoxy) is 1. The quantitative estimate of drug-likeness (QED) is 0.170. The number of carbonyl (C=O) groups excluding carboxylic acids is 3. The second-order valence-corrected chi connectivity index (χ2v) is 8.57. The summed E-state index contributed by atoms with van der Waals surface area (Å²) in [5, 5.41) is 19.0. The second-order valence-electron chi connectivity index (χ2n) is 8.57. The number of unbranched alkanes of at least 4 members (excludes halogenated alkanes) is 14. The van der Waals surface area contributed by atoms with Crippen LogP contribution in [0, 0.1) is 0 Å². The summed E-state index contributed by atoms with van der Waals surface area (Å²) < 4.78 is 4.55. The maximum absolute atomic E-state index is 11.8. The third-order valence-electron chi connectivity index (χ3n) is 5.45. The minimum atomic E-state index is -2.52. The lowest BCUT2D eigenvalue weighted by Crippen LogP contribution is -2.49. The molecule has 0 fully saturated rings. The maximum Gasteiger partial charge on any atom is 0.353 e. The van der Waals surface area contributed by atoms with Crippen LogP contribution in [-0.4, -0.2) is 39.6 Å². The molecule has 0 bridgehead atoms. The van der Waals surface area contributed by atoms with Crippen LogP contribution in [0.3, 0.4) is 0 Å². The first-order valence-electron chi connectivity index (χ1n) is 11.9. The topological polar surface area (TPSA) is 101 Å². The molecule has 0 aliphatic carbocycles. The number of Topliss-reactive ketones (excluding diaryl/α,β-unsaturated/α-hetero) is 1. The van der Waals surface area contributed by atoms with Crippen molar-refractivity contribution in [3.8, 4) is 0 Å². The van der Waals surface area contributed by atoms with Crippen LogP contribution in [0.1, 0.15) is 124 Å². The standard InChI is InChI=1S/C24H44O6/c1-4-5-6-7-8-9-10-11-12-13-14-15-16-17-18-19-21(26)30-23(28)24(3,29)22(27)20(2)25/h20,25,29H,4-19H2,1-3H3. The molecule has 176 valence electrons. The van der Waals surface area contributed by atoms with Crippen molar-refractivity contribution >= 4 is 17.7 Å². The van der Waals surface area contributed by atoms with Gasteiger partial charge in [0.25, 0.3) is 0 Å². The van der Waals surface area contributed by atoms with Gasteiger partial charge in [0.1, 0.15) is 6.10 Å². The minimum absolute atomic E-state index is 0.0724. The van der Waals surface area contributed by atoms with E-state index in [9.17, 15) is 24.6 Å². The van der Waals surface area contributed by atoms with E-state index >= 15 is 0 Å². The third-order valence-corrected chi connectivity index (χ3v) is 5.45. The number of ketones is 1. The van der Waals surface area contributed by atoms with Crippen LogP contribution in [0.5, 0.6) is 0 Å². The molecule has 2 atom stereocenters. The number of rotatable bonds is 19. The van der Waals surface area contributed by atoms with Crippen molar-refractivity contribution in [1.82, 2.24) is 0 Å². The predicted octanol–water partition coefficient (Wildman–Crippen LogP) is 5.02. The normalized spacial score (nSPS) is 14.2. The minimum Gasteiger partial charge on any atom is -0.391 e. The molecule has 0 aromatic rings. The van der Waals surface area contributed by atoms with Crippen LogP contribution in [0.25, 0.3) is 0 Å². The number of hydrogen-bond donors (Lipinski definition) is 2. The zero-order chi connectivity index (χ0) is 22.8. The molecule has 2 unspecified atom stereocenters. The lowest BCUT2D eigenvalue weighted by Gasteiger charge is -2.20. The van der Waals surface area contributed by atoms with E-state index in [4.69, 9.17) is 0 Å². The summed E-state index contributed by atoms with van der Waals surface area (Å²) in [7, 11) is 0. The summed E-state index contributed by atoms with van der Waals surface area (Å²) in [6, 6.07) is 0. The van der Waals surface area contributed by atoms with Crippen molar-refractivity contribution in [3.63, 3.8) is 0 Å². The molecule has 30 heavy (non-hydrogen) atoms. The van der Waals surface area contributed by atoms with E-state index < -0.39 is 29.4 Å². The Kier molecular flexibility index (Phi) is 16.7. The highest BCUT2D eigenvalue weighted by Gasteiger charge is 2.43. The average molecular weight is 429 g/mol. The molecule has 0 spiro atoms. The van der Waals surface area contributed by atoms with E-state index in [2.05, 4.69) is 11.7 Å². The van der Waals surface area contributed by atoms with Gasteiger partial charge in [0.05, 0.1) is 0 Å². The van der Waals surface area contributed by atoms with Gasteiger partial charge in [0, 0.05) is 6.42 Å². The van der Waals surface area contributed by atoms with Gasteiger partial charge >= 0.3 is 11.9 Å². The fourth-order valence-corrected chi connectivity index (χ4v) is 3.40. The van der Waals surface area contributed by atoms with Crippen LogP contribution >= 0.6 is 0 Å². The highest BCUT2D eigenvalue weighted by molar-refractivity contribution is 6.10. The molecule has 2 N–H and O–H groups in total. The molecule has 0 aliphatic rings. The molecule has 0 saturated heterocycles. The summed E-state index contributed by atoms with van der Waals surface area (Å²) in [6.07, 6.45) is 16.9. The molecule has 0 aliphatic heterocycles. The smallest absolute Gasteiger partial charge is 0.353 e. The van der Waals surface area contributed by atoms with Gasteiger partial charge in [-0.15, -0.1) is 0 Å². The van der Waals surface area contributed by atoms with Crippen molar-refractivity contribution in [3.05, 3.63) is 0 Å². The number of esters is 2. The summed E-state index contributed by atoms with van der Waals surface area (Å²) >= 11 is 0. The molecular formula is C24H44O6. The highest BCUT2D eigenvalue weighted by Crippen LogP contribution is 2.15. The fraction of sp³-hybridized carbons (Fsp3) is 0.875. The Balaban J connectivity index is 3.57. The predicted molar refractivity (Wildman–Crippen MR) is 118 cm³/mol. The molecule has 0 rings (SSSR count). The van der Waals surface area contributed by atoms with Crippen LogP contribution < -0.4 is 0 Å². The first kappa shape index (κ1) is 28.7. The number of carbonyl (C=O) groups is 3. The molecule has 6 nitrogen and oxygen atoms in total. The molecule has 0 aromatic carbocycles. The fourth-order valence-electron chi connectivity index (χ4n) is 3.40. The summed E-state index contributed by atoms with van der Waals surface area (Å²) in [6.45, 7) is 4.31. The zero-order valence-corrected chi connectivity index (χ0v) is 19.4. The van der Waals surface area contributed by atoms with Crippen molar-refractivity contribution in [2.45, 2.75) is 135 Å². The van der Waals surface area contributed by atoms with Gasteiger partial charge < -0.3 is 14.9 Å². The van der Waals surface area contributed by atoms with Crippen LogP contribution in [0.4, 0.5) is 0 Å². The molecule has 6 heteroatoms. The van der Waals surface area contributed by atoms with E-state index in [1.807, 2.05) is 0 Å². The zero-order valence-electron chi connectivity index (χ0n) is 19.4. The van der Waals surface area contributed by atoms with E-state index in [1.165, 1.54) is 70.6 Å². The van der Waals surface area contributed by atoms with E-state index in [1.54, 1.807) is 0 Å². The average Bonchev–Trinajstić information content (AvgIpc) is 2.70. The SMILES string of the molecule is CCCCCCCCCCCCCCCCCC(=O)OC(=O)C(C)(O)C(=O)C(C)O. The number of aliphatic hydroxyl groups is 2. The van der Waals surface area contributed by atoms with Gasteiger partial charge in [-0.1, -0.05) is 96.8 Å².